The Hall–Kier alpha value is -1.52. The van der Waals surface area contributed by atoms with Crippen LogP contribution in [0.25, 0.3) is 0 Å². The van der Waals surface area contributed by atoms with E-state index >= 15 is 0 Å². The molecule has 16 heavy (non-hydrogen) atoms. The Balaban J connectivity index is 3.04. The standard InChI is InChI=1S/C11H14BFN2O/c1-3-7(6-16)15-9-5-4-8(12)10(13)11(9)14-2/h4-7,14-15H,3H2,1-2H3. The molecular formula is C11H14BFN2O. The first-order valence-corrected chi connectivity index (χ1v) is 5.11. The number of benzene rings is 1. The van der Waals surface area contributed by atoms with E-state index in [0.717, 1.165) is 6.29 Å². The third kappa shape index (κ3) is 2.54. The fourth-order valence-corrected chi connectivity index (χ4v) is 1.39. The predicted molar refractivity (Wildman–Crippen MR) is 65.1 cm³/mol. The molecule has 3 nitrogen and oxygen atoms in total. The highest BCUT2D eigenvalue weighted by Crippen LogP contribution is 2.23. The largest absolute Gasteiger partial charge is 0.384 e. The fraction of sp³-hybridized carbons (Fsp3) is 0.364. The minimum Gasteiger partial charge on any atom is -0.384 e. The highest BCUT2D eigenvalue weighted by atomic mass is 19.1. The summed E-state index contributed by atoms with van der Waals surface area (Å²) < 4.78 is 13.6. The van der Waals surface area contributed by atoms with Crippen molar-refractivity contribution in [3.05, 3.63) is 17.9 Å². The first-order chi connectivity index (χ1) is 7.63. The molecule has 0 heterocycles. The summed E-state index contributed by atoms with van der Waals surface area (Å²) in [6.45, 7) is 1.87. The quantitative estimate of drug-likeness (QED) is 0.575. The van der Waals surface area contributed by atoms with Crippen molar-refractivity contribution in [2.75, 3.05) is 17.7 Å². The number of rotatable bonds is 5. The zero-order valence-electron chi connectivity index (χ0n) is 9.38. The Morgan fingerprint density at radius 2 is 2.25 bits per heavy atom. The zero-order valence-corrected chi connectivity index (χ0v) is 9.38. The van der Waals surface area contributed by atoms with Crippen molar-refractivity contribution in [1.29, 1.82) is 0 Å². The van der Waals surface area contributed by atoms with Crippen molar-refractivity contribution in [1.82, 2.24) is 0 Å². The van der Waals surface area contributed by atoms with Gasteiger partial charge < -0.3 is 15.4 Å². The molecule has 0 bridgehead atoms. The van der Waals surface area contributed by atoms with Gasteiger partial charge in [-0.3, -0.25) is 0 Å². The van der Waals surface area contributed by atoms with Gasteiger partial charge in [0.1, 0.15) is 19.9 Å². The maximum atomic E-state index is 13.6. The summed E-state index contributed by atoms with van der Waals surface area (Å²) >= 11 is 0. The molecule has 1 rings (SSSR count). The van der Waals surface area contributed by atoms with E-state index < -0.39 is 5.82 Å². The summed E-state index contributed by atoms with van der Waals surface area (Å²) in [4.78, 5) is 10.7. The van der Waals surface area contributed by atoms with Crippen LogP contribution < -0.4 is 16.1 Å². The van der Waals surface area contributed by atoms with Crippen LogP contribution >= 0.6 is 0 Å². The van der Waals surface area contributed by atoms with E-state index in [1.54, 1.807) is 13.1 Å². The molecule has 0 aliphatic carbocycles. The number of aldehydes is 1. The number of carbonyl (C=O) groups is 1. The van der Waals surface area contributed by atoms with Crippen molar-refractivity contribution >= 4 is 31.0 Å². The molecule has 0 spiro atoms. The lowest BCUT2D eigenvalue weighted by atomic mass is 9.94. The second kappa shape index (κ2) is 5.54. The molecular weight excluding hydrogens is 206 g/mol. The molecule has 0 amide bonds. The molecule has 2 N–H and O–H groups in total. The first kappa shape index (κ1) is 12.6. The Kier molecular flexibility index (Phi) is 4.34. The van der Waals surface area contributed by atoms with E-state index in [-0.39, 0.29) is 17.2 Å². The molecule has 0 aromatic heterocycles. The molecule has 5 heteroatoms. The lowest BCUT2D eigenvalue weighted by molar-refractivity contribution is -0.108. The number of halogens is 1. The molecule has 0 aliphatic rings. The molecule has 84 valence electrons. The highest BCUT2D eigenvalue weighted by Gasteiger charge is 2.12. The number of hydrogen-bond donors (Lipinski definition) is 2. The van der Waals surface area contributed by atoms with Crippen LogP contribution in [0, 0.1) is 5.82 Å². The van der Waals surface area contributed by atoms with Gasteiger partial charge in [0, 0.05) is 7.05 Å². The Bertz CT molecular complexity index is 384. The van der Waals surface area contributed by atoms with Crippen LogP contribution in [0.4, 0.5) is 15.8 Å². The van der Waals surface area contributed by atoms with E-state index in [1.165, 1.54) is 6.07 Å². The maximum absolute atomic E-state index is 13.6. The molecule has 1 atom stereocenters. The minimum absolute atomic E-state index is 0.0778. The van der Waals surface area contributed by atoms with Crippen molar-refractivity contribution in [3.63, 3.8) is 0 Å². The molecule has 0 saturated carbocycles. The van der Waals surface area contributed by atoms with E-state index in [1.807, 2.05) is 6.92 Å². The molecule has 1 aromatic rings. The van der Waals surface area contributed by atoms with Crippen LogP contribution in [0.1, 0.15) is 13.3 Å². The van der Waals surface area contributed by atoms with Crippen molar-refractivity contribution in [2.45, 2.75) is 19.4 Å². The van der Waals surface area contributed by atoms with Crippen molar-refractivity contribution in [2.24, 2.45) is 0 Å². The second-order valence-electron chi connectivity index (χ2n) is 3.44. The summed E-state index contributed by atoms with van der Waals surface area (Å²) in [7, 11) is 7.05. The summed E-state index contributed by atoms with van der Waals surface area (Å²) in [5, 5.41) is 5.66. The number of carbonyl (C=O) groups excluding carboxylic acids is 1. The van der Waals surface area contributed by atoms with Gasteiger partial charge in [-0.25, -0.2) is 4.39 Å². The van der Waals surface area contributed by atoms with Gasteiger partial charge in [-0.2, -0.15) is 0 Å². The predicted octanol–water partition coefficient (Wildman–Crippen LogP) is 1.05. The summed E-state index contributed by atoms with van der Waals surface area (Å²) in [6, 6.07) is 2.79. The van der Waals surface area contributed by atoms with Gasteiger partial charge in [0.25, 0.3) is 0 Å². The van der Waals surface area contributed by atoms with Gasteiger partial charge in [-0.05, 0) is 12.5 Å². The average molecular weight is 220 g/mol. The van der Waals surface area contributed by atoms with E-state index in [4.69, 9.17) is 7.85 Å². The van der Waals surface area contributed by atoms with Gasteiger partial charge in [0.15, 0.2) is 0 Å². The number of anilines is 2. The summed E-state index contributed by atoms with van der Waals surface area (Å²) in [6.07, 6.45) is 1.44. The van der Waals surface area contributed by atoms with Crippen molar-refractivity contribution in [3.8, 4) is 0 Å². The molecule has 1 aromatic carbocycles. The highest BCUT2D eigenvalue weighted by molar-refractivity contribution is 6.33. The van der Waals surface area contributed by atoms with E-state index in [0.29, 0.717) is 12.1 Å². The lowest BCUT2D eigenvalue weighted by Gasteiger charge is -2.17. The van der Waals surface area contributed by atoms with Crippen LogP contribution in [-0.2, 0) is 4.79 Å². The number of nitrogens with one attached hydrogen (secondary N) is 2. The lowest BCUT2D eigenvalue weighted by Crippen LogP contribution is -2.22. The zero-order chi connectivity index (χ0) is 12.1. The van der Waals surface area contributed by atoms with E-state index in [2.05, 4.69) is 10.6 Å². The fourth-order valence-electron chi connectivity index (χ4n) is 1.39. The third-order valence-electron chi connectivity index (χ3n) is 2.37. The van der Waals surface area contributed by atoms with Crippen LogP contribution in [0.3, 0.4) is 0 Å². The molecule has 2 radical (unpaired) electrons. The molecule has 1 unspecified atom stereocenters. The number of hydrogen-bond acceptors (Lipinski definition) is 3. The first-order valence-electron chi connectivity index (χ1n) is 5.11. The smallest absolute Gasteiger partial charge is 0.142 e. The van der Waals surface area contributed by atoms with Crippen molar-refractivity contribution < 1.29 is 9.18 Å². The maximum Gasteiger partial charge on any atom is 0.142 e. The SMILES string of the molecule is [B]c1ccc(NC(C=O)CC)c(NC)c1F. The second-order valence-corrected chi connectivity index (χ2v) is 3.44. The van der Waals surface area contributed by atoms with Gasteiger partial charge in [0.05, 0.1) is 17.4 Å². The average Bonchev–Trinajstić information content (AvgIpc) is 2.30. The summed E-state index contributed by atoms with van der Waals surface area (Å²) in [5.74, 6) is -0.506. The van der Waals surface area contributed by atoms with Crippen LogP contribution in [0.15, 0.2) is 12.1 Å². The Labute approximate surface area is 95.8 Å². The van der Waals surface area contributed by atoms with Gasteiger partial charge >= 0.3 is 0 Å². The monoisotopic (exact) mass is 220 g/mol. The topological polar surface area (TPSA) is 41.1 Å². The van der Waals surface area contributed by atoms with Crippen LogP contribution in [0.5, 0.6) is 0 Å². The molecule has 0 saturated heterocycles. The van der Waals surface area contributed by atoms with Gasteiger partial charge in [-0.1, -0.05) is 18.5 Å². The summed E-state index contributed by atoms with van der Waals surface area (Å²) in [5.41, 5.74) is 0.891. The Morgan fingerprint density at radius 3 is 2.75 bits per heavy atom. The minimum atomic E-state index is -0.506. The molecule has 0 fully saturated rings. The Morgan fingerprint density at radius 1 is 1.56 bits per heavy atom. The van der Waals surface area contributed by atoms with Crippen LogP contribution in [-0.4, -0.2) is 27.2 Å². The van der Waals surface area contributed by atoms with Crippen LogP contribution in [0.2, 0.25) is 0 Å². The van der Waals surface area contributed by atoms with E-state index in [9.17, 15) is 9.18 Å². The van der Waals surface area contributed by atoms with Gasteiger partial charge in [-0.15, -0.1) is 0 Å². The van der Waals surface area contributed by atoms with Gasteiger partial charge in [0.2, 0.25) is 0 Å². The third-order valence-corrected chi connectivity index (χ3v) is 2.37. The normalized spacial score (nSPS) is 11.9. The molecule has 0 aliphatic heterocycles.